The maximum atomic E-state index is 12.5. The van der Waals surface area contributed by atoms with Gasteiger partial charge in [0, 0.05) is 10.4 Å². The van der Waals surface area contributed by atoms with E-state index in [-0.39, 0.29) is 18.3 Å². The molecule has 8 nitrogen and oxygen atoms in total. The number of aromatic amines is 1. The van der Waals surface area contributed by atoms with Gasteiger partial charge in [-0.05, 0) is 50.1 Å². The van der Waals surface area contributed by atoms with Gasteiger partial charge in [0.25, 0.3) is 0 Å². The largest absolute Gasteiger partial charge is 0.497 e. The SMILES string of the molecule is CCOC(=O)c1c(NC(=O)CSc2n[nH]c(-c3ccc(OC)cc3)n2)sc(C)c1CC. The molecule has 0 fully saturated rings. The molecule has 10 heteroatoms. The first kappa shape index (κ1) is 22.8. The van der Waals surface area contributed by atoms with Crippen LogP contribution in [0.5, 0.6) is 5.75 Å². The summed E-state index contributed by atoms with van der Waals surface area (Å²) in [7, 11) is 1.61. The van der Waals surface area contributed by atoms with Crippen molar-refractivity contribution >= 4 is 40.0 Å². The van der Waals surface area contributed by atoms with Crippen LogP contribution < -0.4 is 10.1 Å². The van der Waals surface area contributed by atoms with Crippen molar-refractivity contribution in [3.05, 3.63) is 40.3 Å². The highest BCUT2D eigenvalue weighted by Crippen LogP contribution is 2.34. The maximum absolute atomic E-state index is 12.5. The molecule has 2 heterocycles. The zero-order valence-corrected chi connectivity index (χ0v) is 19.4. The van der Waals surface area contributed by atoms with E-state index in [2.05, 4.69) is 20.5 Å². The summed E-state index contributed by atoms with van der Waals surface area (Å²) in [5.74, 6) is 0.823. The quantitative estimate of drug-likeness (QED) is 0.362. The molecule has 0 bridgehead atoms. The Labute approximate surface area is 188 Å². The number of nitrogens with zero attached hydrogens (tertiary/aromatic N) is 2. The number of thioether (sulfide) groups is 1. The van der Waals surface area contributed by atoms with Crippen LogP contribution in [0.25, 0.3) is 11.4 Å². The van der Waals surface area contributed by atoms with E-state index in [1.54, 1.807) is 14.0 Å². The first-order chi connectivity index (χ1) is 15.0. The van der Waals surface area contributed by atoms with Crippen LogP contribution in [0.15, 0.2) is 29.4 Å². The number of hydrogen-bond donors (Lipinski definition) is 2. The van der Waals surface area contributed by atoms with Gasteiger partial charge in [-0.1, -0.05) is 18.7 Å². The highest BCUT2D eigenvalue weighted by molar-refractivity contribution is 7.99. The van der Waals surface area contributed by atoms with Gasteiger partial charge in [-0.15, -0.1) is 16.4 Å². The van der Waals surface area contributed by atoms with E-state index in [9.17, 15) is 9.59 Å². The van der Waals surface area contributed by atoms with Crippen LogP contribution in [0.2, 0.25) is 0 Å². The third kappa shape index (κ3) is 5.45. The molecular formula is C21H24N4O4S2. The number of carbonyl (C=O) groups excluding carboxylic acids is 2. The van der Waals surface area contributed by atoms with E-state index in [0.29, 0.717) is 28.0 Å². The van der Waals surface area contributed by atoms with Gasteiger partial charge in [-0.3, -0.25) is 9.89 Å². The van der Waals surface area contributed by atoms with Crippen molar-refractivity contribution in [2.45, 2.75) is 32.3 Å². The number of hydrogen-bond acceptors (Lipinski definition) is 8. The number of rotatable bonds is 9. The Bertz CT molecular complexity index is 1060. The second kappa shape index (κ2) is 10.5. The summed E-state index contributed by atoms with van der Waals surface area (Å²) in [5.41, 5.74) is 2.22. The van der Waals surface area contributed by atoms with E-state index in [4.69, 9.17) is 9.47 Å². The van der Waals surface area contributed by atoms with E-state index in [0.717, 1.165) is 21.8 Å². The molecule has 0 radical (unpaired) electrons. The molecule has 1 amide bonds. The number of benzene rings is 1. The normalized spacial score (nSPS) is 10.7. The molecular weight excluding hydrogens is 436 g/mol. The number of ether oxygens (including phenoxy) is 2. The smallest absolute Gasteiger partial charge is 0.341 e. The predicted molar refractivity (Wildman–Crippen MR) is 122 cm³/mol. The van der Waals surface area contributed by atoms with Crippen LogP contribution in [-0.4, -0.2) is 46.5 Å². The van der Waals surface area contributed by atoms with Crippen LogP contribution >= 0.6 is 23.1 Å². The van der Waals surface area contributed by atoms with Crippen molar-refractivity contribution in [2.75, 3.05) is 24.8 Å². The number of aromatic nitrogens is 3. The second-order valence-electron chi connectivity index (χ2n) is 6.45. The maximum Gasteiger partial charge on any atom is 0.341 e. The Morgan fingerprint density at radius 2 is 1.97 bits per heavy atom. The summed E-state index contributed by atoms with van der Waals surface area (Å²) in [6.07, 6.45) is 0.687. The number of thiophene rings is 1. The van der Waals surface area contributed by atoms with Crippen molar-refractivity contribution in [3.63, 3.8) is 0 Å². The molecule has 3 aromatic rings. The molecule has 0 atom stereocenters. The van der Waals surface area contributed by atoms with Crippen LogP contribution in [0.3, 0.4) is 0 Å². The number of methoxy groups -OCH3 is 1. The minimum atomic E-state index is -0.412. The molecule has 164 valence electrons. The molecule has 0 saturated carbocycles. The molecule has 0 unspecified atom stereocenters. The molecule has 2 aromatic heterocycles. The van der Waals surface area contributed by atoms with Gasteiger partial charge in [-0.25, -0.2) is 9.78 Å². The molecule has 1 aromatic carbocycles. The standard InChI is InChI=1S/C21H24N4O4S2/c1-5-15-12(3)31-19(17(15)20(27)29-6-2)22-16(26)11-30-21-23-18(24-25-21)13-7-9-14(28-4)10-8-13/h7-10H,5-6,11H2,1-4H3,(H,22,26)(H,23,24,25). The lowest BCUT2D eigenvalue weighted by atomic mass is 10.1. The van der Waals surface area contributed by atoms with Gasteiger partial charge in [0.1, 0.15) is 10.8 Å². The molecule has 0 spiro atoms. The van der Waals surface area contributed by atoms with Gasteiger partial charge in [0.2, 0.25) is 11.1 Å². The minimum Gasteiger partial charge on any atom is -0.497 e. The first-order valence-electron chi connectivity index (χ1n) is 9.75. The molecule has 0 aliphatic carbocycles. The van der Waals surface area contributed by atoms with Crippen molar-refractivity contribution in [1.29, 1.82) is 0 Å². The molecule has 31 heavy (non-hydrogen) atoms. The van der Waals surface area contributed by atoms with Gasteiger partial charge in [0.15, 0.2) is 5.82 Å². The molecule has 2 N–H and O–H groups in total. The zero-order valence-electron chi connectivity index (χ0n) is 17.8. The lowest BCUT2D eigenvalue weighted by Gasteiger charge is -2.07. The van der Waals surface area contributed by atoms with Gasteiger partial charge in [-0.2, -0.15) is 0 Å². The van der Waals surface area contributed by atoms with Gasteiger partial charge < -0.3 is 14.8 Å². The Kier molecular flexibility index (Phi) is 7.69. The summed E-state index contributed by atoms with van der Waals surface area (Å²) in [4.78, 5) is 30.3. The summed E-state index contributed by atoms with van der Waals surface area (Å²) < 4.78 is 10.3. The van der Waals surface area contributed by atoms with E-state index in [1.807, 2.05) is 38.1 Å². The fourth-order valence-electron chi connectivity index (χ4n) is 2.99. The second-order valence-corrected chi connectivity index (χ2v) is 8.61. The highest BCUT2D eigenvalue weighted by atomic mass is 32.2. The Balaban J connectivity index is 1.64. The lowest BCUT2D eigenvalue weighted by molar-refractivity contribution is -0.113. The number of anilines is 1. The Morgan fingerprint density at radius 1 is 1.23 bits per heavy atom. The van der Waals surface area contributed by atoms with Crippen molar-refractivity contribution in [1.82, 2.24) is 15.2 Å². The summed E-state index contributed by atoms with van der Waals surface area (Å²) in [5, 5.41) is 10.9. The van der Waals surface area contributed by atoms with Crippen LogP contribution in [0.4, 0.5) is 5.00 Å². The van der Waals surface area contributed by atoms with Crippen molar-refractivity contribution in [3.8, 4) is 17.1 Å². The monoisotopic (exact) mass is 460 g/mol. The summed E-state index contributed by atoms with van der Waals surface area (Å²) >= 11 is 2.59. The van der Waals surface area contributed by atoms with Gasteiger partial charge in [0.05, 0.1) is 25.0 Å². The van der Waals surface area contributed by atoms with Crippen LogP contribution in [0.1, 0.15) is 34.6 Å². The number of amides is 1. The fraction of sp³-hybridized carbons (Fsp3) is 0.333. The first-order valence-corrected chi connectivity index (χ1v) is 11.6. The number of aryl methyl sites for hydroxylation is 1. The zero-order chi connectivity index (χ0) is 22.4. The van der Waals surface area contributed by atoms with Crippen LogP contribution in [-0.2, 0) is 16.0 Å². The van der Waals surface area contributed by atoms with Gasteiger partial charge >= 0.3 is 5.97 Å². The van der Waals surface area contributed by atoms with E-state index in [1.165, 1.54) is 23.1 Å². The number of esters is 1. The highest BCUT2D eigenvalue weighted by Gasteiger charge is 2.23. The van der Waals surface area contributed by atoms with Crippen molar-refractivity contribution < 1.29 is 19.1 Å². The minimum absolute atomic E-state index is 0.112. The number of carbonyl (C=O) groups is 2. The number of H-pyrrole nitrogens is 1. The average molecular weight is 461 g/mol. The molecule has 3 rings (SSSR count). The summed E-state index contributed by atoms with van der Waals surface area (Å²) in [6, 6.07) is 7.43. The fourth-order valence-corrected chi connectivity index (χ4v) is 4.74. The average Bonchev–Trinajstić information content (AvgIpc) is 3.36. The summed E-state index contributed by atoms with van der Waals surface area (Å²) in [6.45, 7) is 5.95. The predicted octanol–water partition coefficient (Wildman–Crippen LogP) is 4.32. The topological polar surface area (TPSA) is 106 Å². The molecule has 0 saturated heterocycles. The Morgan fingerprint density at radius 3 is 2.61 bits per heavy atom. The Hall–Kier alpha value is -2.85. The van der Waals surface area contributed by atoms with E-state index >= 15 is 0 Å². The van der Waals surface area contributed by atoms with Crippen molar-refractivity contribution in [2.24, 2.45) is 0 Å². The van der Waals surface area contributed by atoms with E-state index < -0.39 is 5.97 Å². The third-order valence-corrected chi connectivity index (χ3v) is 6.37. The van der Waals surface area contributed by atoms with Crippen LogP contribution in [0, 0.1) is 6.92 Å². The molecule has 0 aliphatic heterocycles. The third-order valence-electron chi connectivity index (χ3n) is 4.46. The lowest BCUT2D eigenvalue weighted by Crippen LogP contribution is -2.16. The number of nitrogens with one attached hydrogen (secondary N) is 2. The molecule has 0 aliphatic rings.